The zero-order chi connectivity index (χ0) is 22.1. The van der Waals surface area contributed by atoms with Crippen LogP contribution in [0.5, 0.6) is 5.75 Å². The number of ether oxygens (including phenoxy) is 1. The Morgan fingerprint density at radius 3 is 2.48 bits per heavy atom. The number of amides is 1. The third-order valence-corrected chi connectivity index (χ3v) is 6.18. The molecule has 31 heavy (non-hydrogen) atoms. The highest BCUT2D eigenvalue weighted by Crippen LogP contribution is 2.31. The van der Waals surface area contributed by atoms with Gasteiger partial charge in [-0.2, -0.15) is 0 Å². The SMILES string of the molecule is CCC(CC)NC(=O)CSc1nnc(-c2ccccc2OC)n1CCc1ccccc1. The molecule has 1 heterocycles. The Labute approximate surface area is 188 Å². The number of hydrogen-bond donors (Lipinski definition) is 1. The third kappa shape index (κ3) is 6.10. The zero-order valence-corrected chi connectivity index (χ0v) is 19.2. The van der Waals surface area contributed by atoms with Gasteiger partial charge in [-0.05, 0) is 37.0 Å². The molecule has 0 atom stereocenters. The first-order valence-electron chi connectivity index (χ1n) is 10.7. The van der Waals surface area contributed by atoms with Crippen LogP contribution in [0.1, 0.15) is 32.3 Å². The van der Waals surface area contributed by atoms with Crippen molar-refractivity contribution in [1.82, 2.24) is 20.1 Å². The maximum atomic E-state index is 12.4. The van der Waals surface area contributed by atoms with E-state index in [-0.39, 0.29) is 11.9 Å². The van der Waals surface area contributed by atoms with Crippen LogP contribution in [-0.2, 0) is 17.8 Å². The first kappa shape index (κ1) is 22.9. The summed E-state index contributed by atoms with van der Waals surface area (Å²) in [5, 5.41) is 12.7. The second-order valence-electron chi connectivity index (χ2n) is 7.26. The van der Waals surface area contributed by atoms with Gasteiger partial charge in [0.15, 0.2) is 11.0 Å². The van der Waals surface area contributed by atoms with Crippen LogP contribution >= 0.6 is 11.8 Å². The number of nitrogens with one attached hydrogen (secondary N) is 1. The maximum absolute atomic E-state index is 12.4. The molecule has 0 bridgehead atoms. The number of aryl methyl sites for hydroxylation is 1. The Balaban J connectivity index is 1.83. The van der Waals surface area contributed by atoms with E-state index in [1.54, 1.807) is 7.11 Å². The molecule has 1 amide bonds. The highest BCUT2D eigenvalue weighted by molar-refractivity contribution is 7.99. The van der Waals surface area contributed by atoms with Gasteiger partial charge in [0.05, 0.1) is 18.4 Å². The fourth-order valence-electron chi connectivity index (χ4n) is 3.40. The van der Waals surface area contributed by atoms with Crippen LogP contribution in [0.4, 0.5) is 0 Å². The minimum Gasteiger partial charge on any atom is -0.496 e. The van der Waals surface area contributed by atoms with Crippen LogP contribution < -0.4 is 10.1 Å². The van der Waals surface area contributed by atoms with Gasteiger partial charge < -0.3 is 14.6 Å². The fourth-order valence-corrected chi connectivity index (χ4v) is 4.18. The molecule has 0 aliphatic heterocycles. The standard InChI is InChI=1S/C24H30N4O2S/c1-4-19(5-2)25-22(29)17-31-24-27-26-23(20-13-9-10-14-21(20)30-3)28(24)16-15-18-11-7-6-8-12-18/h6-14,19H,4-5,15-17H2,1-3H3,(H,25,29). The summed E-state index contributed by atoms with van der Waals surface area (Å²) >= 11 is 1.42. The lowest BCUT2D eigenvalue weighted by Crippen LogP contribution is -2.35. The molecule has 1 N–H and O–H groups in total. The predicted octanol–water partition coefficient (Wildman–Crippen LogP) is 4.59. The number of carbonyl (C=O) groups excluding carboxylic acids is 1. The van der Waals surface area contributed by atoms with Crippen molar-refractivity contribution in [3.05, 3.63) is 60.2 Å². The van der Waals surface area contributed by atoms with Crippen LogP contribution in [0.15, 0.2) is 59.8 Å². The summed E-state index contributed by atoms with van der Waals surface area (Å²) in [6.45, 7) is 4.88. The average Bonchev–Trinajstić information content (AvgIpc) is 3.22. The topological polar surface area (TPSA) is 69.0 Å². The molecular weight excluding hydrogens is 408 g/mol. The highest BCUT2D eigenvalue weighted by Gasteiger charge is 2.19. The Kier molecular flexibility index (Phi) is 8.53. The lowest BCUT2D eigenvalue weighted by Gasteiger charge is -2.15. The second kappa shape index (κ2) is 11.6. The van der Waals surface area contributed by atoms with Crippen LogP contribution in [0.3, 0.4) is 0 Å². The van der Waals surface area contributed by atoms with E-state index in [1.165, 1.54) is 17.3 Å². The normalized spacial score (nSPS) is 11.0. The number of hydrogen-bond acceptors (Lipinski definition) is 5. The van der Waals surface area contributed by atoms with E-state index in [4.69, 9.17) is 4.74 Å². The second-order valence-corrected chi connectivity index (χ2v) is 8.21. The average molecular weight is 439 g/mol. The van der Waals surface area contributed by atoms with Gasteiger partial charge in [0, 0.05) is 12.6 Å². The number of carbonyl (C=O) groups is 1. The molecule has 2 aromatic carbocycles. The molecule has 0 saturated heterocycles. The molecule has 1 aromatic heterocycles. The molecule has 0 aliphatic rings. The van der Waals surface area contributed by atoms with E-state index in [0.29, 0.717) is 12.3 Å². The van der Waals surface area contributed by atoms with E-state index in [1.807, 2.05) is 42.5 Å². The molecule has 0 fully saturated rings. The number of methoxy groups -OCH3 is 1. The van der Waals surface area contributed by atoms with Crippen molar-refractivity contribution in [2.45, 2.75) is 50.9 Å². The molecule has 0 saturated carbocycles. The molecule has 0 unspecified atom stereocenters. The number of nitrogens with zero attached hydrogens (tertiary/aromatic N) is 3. The predicted molar refractivity (Wildman–Crippen MR) is 125 cm³/mol. The zero-order valence-electron chi connectivity index (χ0n) is 18.4. The Morgan fingerprint density at radius 1 is 1.06 bits per heavy atom. The molecule has 164 valence electrons. The van der Waals surface area contributed by atoms with Gasteiger partial charge in [-0.15, -0.1) is 10.2 Å². The van der Waals surface area contributed by atoms with Gasteiger partial charge in [-0.25, -0.2) is 0 Å². The summed E-state index contributed by atoms with van der Waals surface area (Å²) in [6.07, 6.45) is 2.70. The first-order valence-corrected chi connectivity index (χ1v) is 11.7. The molecule has 6 nitrogen and oxygen atoms in total. The van der Waals surface area contributed by atoms with Crippen molar-refractivity contribution >= 4 is 17.7 Å². The quantitative estimate of drug-likeness (QED) is 0.443. The van der Waals surface area contributed by atoms with E-state index in [9.17, 15) is 4.79 Å². The van der Waals surface area contributed by atoms with E-state index in [0.717, 1.165) is 41.6 Å². The van der Waals surface area contributed by atoms with Gasteiger partial charge in [0.25, 0.3) is 0 Å². The minimum absolute atomic E-state index is 0.0233. The molecular formula is C24H30N4O2S. The lowest BCUT2D eigenvalue weighted by molar-refractivity contribution is -0.119. The fraction of sp³-hybridized carbons (Fsp3) is 0.375. The van der Waals surface area contributed by atoms with Gasteiger partial charge >= 0.3 is 0 Å². The van der Waals surface area contributed by atoms with Crippen molar-refractivity contribution in [3.8, 4) is 17.1 Å². The van der Waals surface area contributed by atoms with Gasteiger partial charge in [-0.1, -0.05) is 68.1 Å². The van der Waals surface area contributed by atoms with Crippen LogP contribution in [0, 0.1) is 0 Å². The number of rotatable bonds is 11. The molecule has 0 aliphatic carbocycles. The number of thioether (sulfide) groups is 1. The van der Waals surface area contributed by atoms with E-state index < -0.39 is 0 Å². The maximum Gasteiger partial charge on any atom is 0.230 e. The summed E-state index contributed by atoms with van der Waals surface area (Å²) < 4.78 is 7.62. The van der Waals surface area contributed by atoms with Crippen molar-refractivity contribution in [2.24, 2.45) is 0 Å². The van der Waals surface area contributed by atoms with Crippen LogP contribution in [0.25, 0.3) is 11.4 Å². The van der Waals surface area contributed by atoms with Crippen molar-refractivity contribution in [2.75, 3.05) is 12.9 Å². The van der Waals surface area contributed by atoms with E-state index in [2.05, 4.69) is 46.1 Å². The van der Waals surface area contributed by atoms with E-state index >= 15 is 0 Å². The number of para-hydroxylation sites is 1. The smallest absolute Gasteiger partial charge is 0.230 e. The van der Waals surface area contributed by atoms with Gasteiger partial charge in [0.2, 0.25) is 5.91 Å². The molecule has 0 spiro atoms. The molecule has 7 heteroatoms. The Hall–Kier alpha value is -2.80. The largest absolute Gasteiger partial charge is 0.496 e. The summed E-state index contributed by atoms with van der Waals surface area (Å²) in [7, 11) is 1.65. The van der Waals surface area contributed by atoms with Crippen LogP contribution in [-0.4, -0.2) is 39.6 Å². The van der Waals surface area contributed by atoms with Crippen LogP contribution in [0.2, 0.25) is 0 Å². The minimum atomic E-state index is 0.0233. The first-order chi connectivity index (χ1) is 15.2. The van der Waals surface area contributed by atoms with Gasteiger partial charge in [0.1, 0.15) is 5.75 Å². The van der Waals surface area contributed by atoms with Crippen molar-refractivity contribution in [3.63, 3.8) is 0 Å². The van der Waals surface area contributed by atoms with Crippen molar-refractivity contribution < 1.29 is 9.53 Å². The number of benzene rings is 2. The summed E-state index contributed by atoms with van der Waals surface area (Å²) in [6, 6.07) is 18.3. The lowest BCUT2D eigenvalue weighted by atomic mass is 10.1. The monoisotopic (exact) mass is 438 g/mol. The molecule has 3 aromatic rings. The van der Waals surface area contributed by atoms with Gasteiger partial charge in [-0.3, -0.25) is 4.79 Å². The Bertz CT molecular complexity index is 971. The summed E-state index contributed by atoms with van der Waals surface area (Å²) in [5.41, 5.74) is 2.13. The summed E-state index contributed by atoms with van der Waals surface area (Å²) in [5.74, 6) is 1.83. The van der Waals surface area contributed by atoms with Crippen molar-refractivity contribution in [1.29, 1.82) is 0 Å². The summed E-state index contributed by atoms with van der Waals surface area (Å²) in [4.78, 5) is 12.4. The highest BCUT2D eigenvalue weighted by atomic mass is 32.2. The molecule has 0 radical (unpaired) electrons. The third-order valence-electron chi connectivity index (χ3n) is 5.21. The number of aromatic nitrogens is 3. The Morgan fingerprint density at radius 2 is 1.77 bits per heavy atom. The molecule has 3 rings (SSSR count).